The maximum absolute atomic E-state index is 12.6. The van der Waals surface area contributed by atoms with Gasteiger partial charge in [0.2, 0.25) is 5.75 Å². The van der Waals surface area contributed by atoms with Crippen molar-refractivity contribution in [3.63, 3.8) is 0 Å². The molecule has 190 valence electrons. The van der Waals surface area contributed by atoms with E-state index in [-0.39, 0.29) is 23.4 Å². The third-order valence-electron chi connectivity index (χ3n) is 5.53. The Bertz CT molecular complexity index is 1390. The minimum atomic E-state index is -3.05. The Hall–Kier alpha value is -4.40. The first kappa shape index (κ1) is 25.7. The van der Waals surface area contributed by atoms with E-state index < -0.39 is 8.25 Å². The summed E-state index contributed by atoms with van der Waals surface area (Å²) >= 11 is 0. The number of carbonyl (C=O) groups excluding carboxylic acids is 1. The SMILES string of the molecule is COc1cc(C2=CNC=C(N[C@@H](C)c3cccc(NC(=O)c4cncc(C)c4)c3)N2)ccc1O[P+](=O)[O-]. The van der Waals surface area contributed by atoms with E-state index in [4.69, 9.17) is 9.26 Å². The first-order valence-corrected chi connectivity index (χ1v) is 12.5. The van der Waals surface area contributed by atoms with Gasteiger partial charge in [-0.1, -0.05) is 12.1 Å². The van der Waals surface area contributed by atoms with Gasteiger partial charge >= 0.3 is 8.25 Å². The largest absolute Gasteiger partial charge is 0.558 e. The predicted octanol–water partition coefficient (Wildman–Crippen LogP) is 3.69. The van der Waals surface area contributed by atoms with Crippen LogP contribution in [0.3, 0.4) is 0 Å². The van der Waals surface area contributed by atoms with Crippen molar-refractivity contribution >= 4 is 25.5 Å². The van der Waals surface area contributed by atoms with E-state index in [0.29, 0.717) is 17.1 Å². The zero-order chi connectivity index (χ0) is 26.4. The third kappa shape index (κ3) is 6.63. The van der Waals surface area contributed by atoms with E-state index in [1.165, 1.54) is 19.4 Å². The molecule has 0 saturated heterocycles. The van der Waals surface area contributed by atoms with Crippen molar-refractivity contribution in [3.05, 3.63) is 101 Å². The van der Waals surface area contributed by atoms with E-state index in [9.17, 15) is 14.3 Å². The minimum Gasteiger partial charge on any atom is -0.558 e. The van der Waals surface area contributed by atoms with Crippen molar-refractivity contribution in [3.8, 4) is 11.5 Å². The smallest absolute Gasteiger partial charge is 0.539 e. The molecule has 2 aromatic carbocycles. The van der Waals surface area contributed by atoms with Crippen LogP contribution in [-0.2, 0) is 4.57 Å². The van der Waals surface area contributed by atoms with Gasteiger partial charge in [-0.3, -0.25) is 14.3 Å². The van der Waals surface area contributed by atoms with Gasteiger partial charge in [-0.2, -0.15) is 0 Å². The number of pyridine rings is 1. The quantitative estimate of drug-likeness (QED) is 0.312. The Balaban J connectivity index is 1.41. The van der Waals surface area contributed by atoms with Gasteiger partial charge in [-0.15, -0.1) is 0 Å². The molecule has 2 heterocycles. The Morgan fingerprint density at radius 1 is 1.11 bits per heavy atom. The molecule has 1 aromatic heterocycles. The maximum Gasteiger partial charge on any atom is 0.539 e. The zero-order valence-corrected chi connectivity index (χ0v) is 21.3. The molecule has 4 rings (SSSR count). The van der Waals surface area contributed by atoms with Crippen molar-refractivity contribution in [1.82, 2.24) is 20.9 Å². The maximum atomic E-state index is 12.6. The molecule has 0 fully saturated rings. The molecule has 3 aromatic rings. The highest BCUT2D eigenvalue weighted by atomic mass is 31.1. The Labute approximate surface area is 215 Å². The highest BCUT2D eigenvalue weighted by Gasteiger charge is 2.17. The van der Waals surface area contributed by atoms with Crippen LogP contribution in [0.25, 0.3) is 5.70 Å². The fourth-order valence-electron chi connectivity index (χ4n) is 3.73. The number of aryl methyl sites for hydroxylation is 1. The zero-order valence-electron chi connectivity index (χ0n) is 20.4. The second-order valence-electron chi connectivity index (χ2n) is 8.28. The minimum absolute atomic E-state index is 0.101. The average molecular weight is 519 g/mol. The summed E-state index contributed by atoms with van der Waals surface area (Å²) in [5, 5.41) is 12.7. The van der Waals surface area contributed by atoms with Gasteiger partial charge < -0.3 is 30.9 Å². The average Bonchev–Trinajstić information content (AvgIpc) is 2.89. The summed E-state index contributed by atoms with van der Waals surface area (Å²) in [6.45, 7) is 3.89. The molecular weight excluding hydrogens is 493 g/mol. The fraction of sp³-hybridized carbons (Fsp3) is 0.154. The molecular formula is C26H26N5O5P. The van der Waals surface area contributed by atoms with Crippen LogP contribution in [0.1, 0.15) is 40.0 Å². The summed E-state index contributed by atoms with van der Waals surface area (Å²) < 4.78 is 21.0. The summed E-state index contributed by atoms with van der Waals surface area (Å²) in [7, 11) is -1.61. The number of carbonyl (C=O) groups is 1. The lowest BCUT2D eigenvalue weighted by Gasteiger charge is -2.24. The van der Waals surface area contributed by atoms with Crippen LogP contribution in [0.15, 0.2) is 79.1 Å². The molecule has 4 N–H and O–H groups in total. The summed E-state index contributed by atoms with van der Waals surface area (Å²) in [4.78, 5) is 27.6. The van der Waals surface area contributed by atoms with E-state index >= 15 is 0 Å². The topological polar surface area (TPSA) is 137 Å². The number of anilines is 1. The molecule has 1 aliphatic heterocycles. The molecule has 1 unspecified atom stereocenters. The van der Waals surface area contributed by atoms with Crippen LogP contribution in [0.5, 0.6) is 11.5 Å². The monoisotopic (exact) mass is 519 g/mol. The number of methoxy groups -OCH3 is 1. The molecule has 1 aliphatic rings. The second kappa shape index (κ2) is 11.6. The van der Waals surface area contributed by atoms with Gasteiger partial charge in [0.15, 0.2) is 5.75 Å². The second-order valence-corrected chi connectivity index (χ2v) is 8.91. The fourth-order valence-corrected chi connectivity index (χ4v) is 4.05. The number of nitrogens with one attached hydrogen (secondary N) is 4. The highest BCUT2D eigenvalue weighted by Crippen LogP contribution is 2.34. The number of aromatic nitrogens is 1. The van der Waals surface area contributed by atoms with Gasteiger partial charge in [0.05, 0.1) is 24.4 Å². The summed E-state index contributed by atoms with van der Waals surface area (Å²) in [5.41, 5.74) is 4.55. The number of rotatable bonds is 9. The highest BCUT2D eigenvalue weighted by molar-refractivity contribution is 7.31. The van der Waals surface area contributed by atoms with Crippen molar-refractivity contribution in [1.29, 1.82) is 0 Å². The van der Waals surface area contributed by atoms with Crippen LogP contribution in [0, 0.1) is 6.92 Å². The number of benzene rings is 2. The lowest BCUT2D eigenvalue weighted by atomic mass is 10.1. The predicted molar refractivity (Wildman–Crippen MR) is 138 cm³/mol. The van der Waals surface area contributed by atoms with Gasteiger partial charge in [0.25, 0.3) is 5.91 Å². The summed E-state index contributed by atoms with van der Waals surface area (Å²) in [6.07, 6.45) is 6.80. The number of nitrogens with zero attached hydrogens (tertiary/aromatic N) is 1. The van der Waals surface area contributed by atoms with Gasteiger partial charge in [-0.25, -0.2) is 0 Å². The summed E-state index contributed by atoms with van der Waals surface area (Å²) in [5.74, 6) is 0.891. The lowest BCUT2D eigenvalue weighted by Crippen LogP contribution is -2.32. The molecule has 11 heteroatoms. The Kier molecular flexibility index (Phi) is 8.02. The van der Waals surface area contributed by atoms with Gasteiger partial charge in [0.1, 0.15) is 5.82 Å². The molecule has 0 aliphatic carbocycles. The van der Waals surface area contributed by atoms with E-state index in [1.54, 1.807) is 36.8 Å². The normalized spacial score (nSPS) is 13.7. The van der Waals surface area contributed by atoms with Crippen LogP contribution in [0.2, 0.25) is 0 Å². The first-order chi connectivity index (χ1) is 17.8. The molecule has 37 heavy (non-hydrogen) atoms. The number of hydrogen-bond acceptors (Lipinski definition) is 9. The van der Waals surface area contributed by atoms with Crippen molar-refractivity contribution in [2.24, 2.45) is 0 Å². The van der Waals surface area contributed by atoms with Crippen LogP contribution < -0.4 is 35.4 Å². The molecule has 0 spiro atoms. The molecule has 0 bridgehead atoms. The van der Waals surface area contributed by atoms with Crippen molar-refractivity contribution in [2.45, 2.75) is 19.9 Å². The van der Waals surface area contributed by atoms with Gasteiger partial charge in [-0.05, 0) is 65.9 Å². The Morgan fingerprint density at radius 3 is 2.70 bits per heavy atom. The molecule has 1 amide bonds. The van der Waals surface area contributed by atoms with E-state index in [2.05, 4.69) is 26.3 Å². The number of ether oxygens (including phenoxy) is 1. The summed E-state index contributed by atoms with van der Waals surface area (Å²) in [6, 6.07) is 14.2. The van der Waals surface area contributed by atoms with Crippen molar-refractivity contribution < 1.29 is 23.5 Å². The van der Waals surface area contributed by atoms with Gasteiger partial charge in [0, 0.05) is 36.0 Å². The molecule has 2 atom stereocenters. The van der Waals surface area contributed by atoms with E-state index in [0.717, 1.165) is 22.4 Å². The standard InChI is InChI=1S/C26H26N5O5P/c1-16-9-20(13-27-12-16)26(32)30-21-6-4-5-18(10-21)17(2)29-25-15-28-14-22(31-25)19-7-8-23(36-37(33)34)24(11-19)35-3/h4-15,17,28-29,31H,1-3H3,(H,30,32)/t17-/m0/s1. The van der Waals surface area contributed by atoms with Crippen LogP contribution in [-0.4, -0.2) is 18.0 Å². The Morgan fingerprint density at radius 2 is 1.95 bits per heavy atom. The third-order valence-corrected chi connectivity index (χ3v) is 5.87. The molecule has 10 nitrogen and oxygen atoms in total. The van der Waals surface area contributed by atoms with Crippen LogP contribution in [0.4, 0.5) is 5.69 Å². The molecule has 0 saturated carbocycles. The molecule has 0 radical (unpaired) electrons. The number of amides is 1. The van der Waals surface area contributed by atoms with E-state index in [1.807, 2.05) is 38.1 Å². The lowest BCUT2D eigenvalue weighted by molar-refractivity contribution is -0.178. The first-order valence-electron chi connectivity index (χ1n) is 11.4. The van der Waals surface area contributed by atoms with Crippen LogP contribution >= 0.6 is 8.25 Å². The number of hydrogen-bond donors (Lipinski definition) is 4. The van der Waals surface area contributed by atoms with Crippen molar-refractivity contribution in [2.75, 3.05) is 12.4 Å².